The number of aromatic amines is 1. The van der Waals surface area contributed by atoms with Crippen molar-refractivity contribution in [3.63, 3.8) is 0 Å². The second-order valence-corrected chi connectivity index (χ2v) is 1.34. The molecule has 0 saturated heterocycles. The van der Waals surface area contributed by atoms with Crippen LogP contribution in [0.4, 0.5) is 0 Å². The number of hydrogen-bond donors (Lipinski definition) is 2. The van der Waals surface area contributed by atoms with E-state index >= 15 is 0 Å². The van der Waals surface area contributed by atoms with Gasteiger partial charge in [0.05, 0.1) is 0 Å². The predicted octanol–water partition coefficient (Wildman–Crippen LogP) is -0.00323. The van der Waals surface area contributed by atoms with Crippen LogP contribution in [0.25, 0.3) is 0 Å². The van der Waals surface area contributed by atoms with Crippen molar-refractivity contribution in [1.82, 2.24) is 15.2 Å². The van der Waals surface area contributed by atoms with Crippen molar-refractivity contribution in [2.24, 2.45) is 0 Å². The summed E-state index contributed by atoms with van der Waals surface area (Å²) < 4.78 is 0. The van der Waals surface area contributed by atoms with E-state index in [4.69, 9.17) is 5.41 Å². The number of aromatic nitrogens is 3. The van der Waals surface area contributed by atoms with E-state index in [0.29, 0.717) is 6.42 Å². The van der Waals surface area contributed by atoms with E-state index < -0.39 is 0 Å². The van der Waals surface area contributed by atoms with Crippen LogP contribution in [-0.2, 0) is 6.42 Å². The van der Waals surface area contributed by atoms with Gasteiger partial charge in [-0.15, -0.1) is 0 Å². The lowest BCUT2D eigenvalue weighted by atomic mass is 10.4. The highest BCUT2D eigenvalue weighted by Gasteiger charge is 1.87. The van der Waals surface area contributed by atoms with Crippen molar-refractivity contribution >= 4 is 6.21 Å². The molecule has 1 aromatic heterocycles. The third-order valence-corrected chi connectivity index (χ3v) is 0.760. The summed E-state index contributed by atoms with van der Waals surface area (Å²) in [6.45, 7) is 0. The molecule has 0 unspecified atom stereocenters. The Hall–Kier alpha value is -1.19. The summed E-state index contributed by atoms with van der Waals surface area (Å²) in [4.78, 5) is 3.79. The van der Waals surface area contributed by atoms with Crippen molar-refractivity contribution < 1.29 is 0 Å². The van der Waals surface area contributed by atoms with Gasteiger partial charge in [-0.05, 0) is 0 Å². The van der Waals surface area contributed by atoms with E-state index in [1.165, 1.54) is 12.5 Å². The summed E-state index contributed by atoms with van der Waals surface area (Å²) in [5, 5.41) is 12.9. The molecule has 0 aromatic carbocycles. The minimum atomic E-state index is 0.542. The van der Waals surface area contributed by atoms with Crippen LogP contribution in [0.5, 0.6) is 0 Å². The summed E-state index contributed by atoms with van der Waals surface area (Å²) in [6.07, 6.45) is 3.25. The van der Waals surface area contributed by atoms with Crippen molar-refractivity contribution in [3.8, 4) is 0 Å². The van der Waals surface area contributed by atoms with Gasteiger partial charge < -0.3 is 5.41 Å². The molecule has 8 heavy (non-hydrogen) atoms. The smallest absolute Gasteiger partial charge is 0.137 e. The Morgan fingerprint density at radius 3 is 3.25 bits per heavy atom. The lowest BCUT2D eigenvalue weighted by molar-refractivity contribution is 1.01. The molecular formula is C4H6N4. The van der Waals surface area contributed by atoms with Gasteiger partial charge in [-0.25, -0.2) is 4.98 Å². The maximum absolute atomic E-state index is 6.67. The Labute approximate surface area is 46.5 Å². The molecule has 42 valence electrons. The lowest BCUT2D eigenvalue weighted by Gasteiger charge is -1.79. The van der Waals surface area contributed by atoms with Gasteiger partial charge in [-0.3, -0.25) is 5.10 Å². The van der Waals surface area contributed by atoms with Crippen LogP contribution in [0.15, 0.2) is 6.33 Å². The van der Waals surface area contributed by atoms with Gasteiger partial charge in [-0.2, -0.15) is 5.10 Å². The predicted molar refractivity (Wildman–Crippen MR) is 28.9 cm³/mol. The topological polar surface area (TPSA) is 65.4 Å². The fraction of sp³-hybridized carbons (Fsp3) is 0.250. The molecule has 0 fully saturated rings. The molecule has 0 aliphatic heterocycles. The molecule has 2 N–H and O–H groups in total. The zero-order valence-electron chi connectivity index (χ0n) is 4.26. The number of hydrogen-bond acceptors (Lipinski definition) is 3. The normalized spacial score (nSPS) is 9.00. The highest BCUT2D eigenvalue weighted by molar-refractivity contribution is 5.55. The van der Waals surface area contributed by atoms with Crippen LogP contribution in [-0.4, -0.2) is 21.4 Å². The minimum Gasteiger partial charge on any atom is -0.313 e. The molecule has 0 atom stereocenters. The van der Waals surface area contributed by atoms with Gasteiger partial charge in [0.2, 0.25) is 0 Å². The quantitative estimate of drug-likeness (QED) is 0.526. The molecule has 0 amide bonds. The maximum atomic E-state index is 6.67. The highest BCUT2D eigenvalue weighted by atomic mass is 15.2. The molecule has 0 spiro atoms. The van der Waals surface area contributed by atoms with E-state index in [1.54, 1.807) is 0 Å². The first-order valence-corrected chi connectivity index (χ1v) is 2.26. The van der Waals surface area contributed by atoms with Gasteiger partial charge in [0.1, 0.15) is 12.2 Å². The molecule has 4 heteroatoms. The fourth-order valence-corrected chi connectivity index (χ4v) is 0.426. The third kappa shape index (κ3) is 0.900. The van der Waals surface area contributed by atoms with Crippen molar-refractivity contribution in [3.05, 3.63) is 12.2 Å². The number of nitrogens with zero attached hydrogens (tertiary/aromatic N) is 2. The molecule has 0 bridgehead atoms. The molecule has 1 rings (SSSR count). The van der Waals surface area contributed by atoms with Crippen LogP contribution in [0, 0.1) is 5.41 Å². The number of nitrogens with one attached hydrogen (secondary N) is 2. The van der Waals surface area contributed by atoms with Gasteiger partial charge in [0.15, 0.2) is 0 Å². The molecule has 0 aliphatic rings. The Kier molecular flexibility index (Phi) is 1.37. The summed E-state index contributed by atoms with van der Waals surface area (Å²) in [7, 11) is 0. The van der Waals surface area contributed by atoms with Crippen molar-refractivity contribution in [1.29, 1.82) is 5.41 Å². The summed E-state index contributed by atoms with van der Waals surface area (Å²) in [5.41, 5.74) is 0. The Morgan fingerprint density at radius 1 is 1.88 bits per heavy atom. The average molecular weight is 110 g/mol. The number of H-pyrrole nitrogens is 1. The zero-order chi connectivity index (χ0) is 5.82. The summed E-state index contributed by atoms with van der Waals surface area (Å²) in [6, 6.07) is 0. The molecule has 4 nitrogen and oxygen atoms in total. The van der Waals surface area contributed by atoms with Crippen LogP contribution in [0.2, 0.25) is 0 Å². The van der Waals surface area contributed by atoms with Crippen molar-refractivity contribution in [2.75, 3.05) is 0 Å². The van der Waals surface area contributed by atoms with Crippen molar-refractivity contribution in [2.45, 2.75) is 6.42 Å². The van der Waals surface area contributed by atoms with Gasteiger partial charge in [0.25, 0.3) is 0 Å². The Bertz CT molecular complexity index is 155. The van der Waals surface area contributed by atoms with E-state index in [-0.39, 0.29) is 0 Å². The van der Waals surface area contributed by atoms with Gasteiger partial charge in [0, 0.05) is 12.6 Å². The first-order chi connectivity index (χ1) is 3.93. The second kappa shape index (κ2) is 2.20. The molecule has 1 heterocycles. The maximum Gasteiger partial charge on any atom is 0.137 e. The SMILES string of the molecule is N=CCc1ncn[nH]1. The largest absolute Gasteiger partial charge is 0.313 e. The fourth-order valence-electron chi connectivity index (χ4n) is 0.426. The monoisotopic (exact) mass is 110 g/mol. The Morgan fingerprint density at radius 2 is 2.75 bits per heavy atom. The van der Waals surface area contributed by atoms with Crippen LogP contribution in [0.1, 0.15) is 5.82 Å². The standard InChI is InChI=1S/C4H6N4/c5-2-1-4-6-3-7-8-4/h2-3,5H,1H2,(H,6,7,8). The molecule has 0 saturated carbocycles. The lowest BCUT2D eigenvalue weighted by Crippen LogP contribution is -1.86. The molecular weight excluding hydrogens is 104 g/mol. The molecule has 1 aromatic rings. The first kappa shape index (κ1) is 4.96. The van der Waals surface area contributed by atoms with E-state index in [1.807, 2.05) is 0 Å². The van der Waals surface area contributed by atoms with Gasteiger partial charge in [-0.1, -0.05) is 0 Å². The second-order valence-electron chi connectivity index (χ2n) is 1.34. The highest BCUT2D eigenvalue weighted by Crippen LogP contribution is 1.81. The van der Waals surface area contributed by atoms with Gasteiger partial charge >= 0.3 is 0 Å². The molecule has 0 aliphatic carbocycles. The summed E-state index contributed by atoms with van der Waals surface area (Å²) >= 11 is 0. The minimum absolute atomic E-state index is 0.542. The average Bonchev–Trinajstić information content (AvgIpc) is 2.19. The first-order valence-electron chi connectivity index (χ1n) is 2.26. The van der Waals surface area contributed by atoms with E-state index in [2.05, 4.69) is 15.2 Å². The summed E-state index contributed by atoms with van der Waals surface area (Å²) in [5.74, 6) is 0.736. The van der Waals surface area contributed by atoms with E-state index in [0.717, 1.165) is 5.82 Å². The van der Waals surface area contributed by atoms with Crippen LogP contribution >= 0.6 is 0 Å². The van der Waals surface area contributed by atoms with E-state index in [9.17, 15) is 0 Å². The zero-order valence-corrected chi connectivity index (χ0v) is 4.26. The molecule has 0 radical (unpaired) electrons. The number of rotatable bonds is 2. The Balaban J connectivity index is 2.62. The third-order valence-electron chi connectivity index (χ3n) is 0.760. The van der Waals surface area contributed by atoms with Crippen LogP contribution in [0.3, 0.4) is 0 Å². The van der Waals surface area contributed by atoms with Crippen LogP contribution < -0.4 is 0 Å².